The molecule has 0 bridgehead atoms. The first-order chi connectivity index (χ1) is 12.1. The largest absolute Gasteiger partial charge is 0.493 e. The summed E-state index contributed by atoms with van der Waals surface area (Å²) in [5.41, 5.74) is 1.31. The molecule has 0 aliphatic carbocycles. The zero-order valence-corrected chi connectivity index (χ0v) is 15.0. The van der Waals surface area contributed by atoms with E-state index in [0.29, 0.717) is 28.7 Å². The Bertz CT molecular complexity index is 895. The molecule has 130 valence electrons. The maximum atomic E-state index is 6.06. The van der Waals surface area contributed by atoms with Crippen LogP contribution in [0.15, 0.2) is 30.5 Å². The van der Waals surface area contributed by atoms with Gasteiger partial charge in [-0.1, -0.05) is 0 Å². The zero-order chi connectivity index (χ0) is 18.0. The first-order valence-electron chi connectivity index (χ1n) is 7.41. The lowest BCUT2D eigenvalue weighted by Crippen LogP contribution is -2.13. The number of benzene rings is 1. The SMILES string of the molecule is COc1cc(N(C)c2nc(Cl)nc3ncccc23)cc(OC)c1OC. The summed E-state index contributed by atoms with van der Waals surface area (Å²) < 4.78 is 16.2. The van der Waals surface area contributed by atoms with Gasteiger partial charge in [0.15, 0.2) is 17.1 Å². The molecule has 8 heteroatoms. The van der Waals surface area contributed by atoms with E-state index in [4.69, 9.17) is 25.8 Å². The highest BCUT2D eigenvalue weighted by Crippen LogP contribution is 2.42. The van der Waals surface area contributed by atoms with Crippen molar-refractivity contribution in [3.05, 3.63) is 35.7 Å². The Morgan fingerprint density at radius 2 is 1.68 bits per heavy atom. The molecule has 25 heavy (non-hydrogen) atoms. The average molecular weight is 361 g/mol. The van der Waals surface area contributed by atoms with Gasteiger partial charge in [0.05, 0.1) is 26.7 Å². The summed E-state index contributed by atoms with van der Waals surface area (Å²) in [5.74, 6) is 2.24. The van der Waals surface area contributed by atoms with Crippen molar-refractivity contribution in [2.24, 2.45) is 0 Å². The van der Waals surface area contributed by atoms with E-state index < -0.39 is 0 Å². The number of hydrogen-bond donors (Lipinski definition) is 0. The standard InChI is InChI=1S/C17H17ClN4O3/c1-22(10-8-12(23-2)14(25-4)13(9-10)24-3)16-11-6-5-7-19-15(11)20-17(18)21-16/h5-9H,1-4H3. The molecule has 7 nitrogen and oxygen atoms in total. The molecule has 3 aromatic rings. The number of halogens is 1. The lowest BCUT2D eigenvalue weighted by atomic mass is 10.2. The monoisotopic (exact) mass is 360 g/mol. The summed E-state index contributed by atoms with van der Waals surface area (Å²) in [6, 6.07) is 7.38. The Hall–Kier alpha value is -2.80. The summed E-state index contributed by atoms with van der Waals surface area (Å²) >= 11 is 6.06. The fraction of sp³-hybridized carbons (Fsp3) is 0.235. The van der Waals surface area contributed by atoms with E-state index in [1.165, 1.54) is 0 Å². The number of anilines is 2. The highest BCUT2D eigenvalue weighted by atomic mass is 35.5. The molecule has 0 unspecified atom stereocenters. The fourth-order valence-corrected chi connectivity index (χ4v) is 2.72. The number of methoxy groups -OCH3 is 3. The van der Waals surface area contributed by atoms with Gasteiger partial charge in [0.2, 0.25) is 11.0 Å². The molecule has 0 fully saturated rings. The Balaban J connectivity index is 2.17. The van der Waals surface area contributed by atoms with Crippen molar-refractivity contribution in [1.29, 1.82) is 0 Å². The molecule has 0 spiro atoms. The van der Waals surface area contributed by atoms with Gasteiger partial charge in [0.25, 0.3) is 0 Å². The van der Waals surface area contributed by atoms with Gasteiger partial charge in [0, 0.05) is 31.1 Å². The molecule has 3 rings (SSSR count). The quantitative estimate of drug-likeness (QED) is 0.645. The molecule has 0 aliphatic rings. The Morgan fingerprint density at radius 1 is 1.00 bits per heavy atom. The minimum atomic E-state index is 0.125. The number of rotatable bonds is 5. The van der Waals surface area contributed by atoms with E-state index in [1.54, 1.807) is 27.5 Å². The molecular formula is C17H17ClN4O3. The molecule has 0 atom stereocenters. The second-order valence-corrected chi connectivity index (χ2v) is 5.47. The molecule has 1 aromatic carbocycles. The van der Waals surface area contributed by atoms with Crippen LogP contribution in [0.1, 0.15) is 0 Å². The number of nitrogens with zero attached hydrogens (tertiary/aromatic N) is 4. The molecule has 0 saturated heterocycles. The fourth-order valence-electron chi connectivity index (χ4n) is 2.56. The Labute approximate surface area is 150 Å². The Kier molecular flexibility index (Phi) is 4.76. The lowest BCUT2D eigenvalue weighted by Gasteiger charge is -2.22. The van der Waals surface area contributed by atoms with Gasteiger partial charge in [-0.3, -0.25) is 0 Å². The number of hydrogen-bond acceptors (Lipinski definition) is 7. The van der Waals surface area contributed by atoms with Crippen molar-refractivity contribution in [1.82, 2.24) is 15.0 Å². The third-order valence-electron chi connectivity index (χ3n) is 3.78. The first kappa shape index (κ1) is 17.0. The first-order valence-corrected chi connectivity index (χ1v) is 7.78. The second-order valence-electron chi connectivity index (χ2n) is 5.13. The van der Waals surface area contributed by atoms with E-state index in [0.717, 1.165) is 11.1 Å². The highest BCUT2D eigenvalue weighted by Gasteiger charge is 2.18. The van der Waals surface area contributed by atoms with Crippen LogP contribution >= 0.6 is 11.6 Å². The van der Waals surface area contributed by atoms with Crippen molar-refractivity contribution in [2.45, 2.75) is 0 Å². The molecule has 0 radical (unpaired) electrons. The van der Waals surface area contributed by atoms with Crippen molar-refractivity contribution in [3.63, 3.8) is 0 Å². The predicted octanol–water partition coefficient (Wildman–Crippen LogP) is 3.47. The normalized spacial score (nSPS) is 10.6. The predicted molar refractivity (Wildman–Crippen MR) is 96.5 cm³/mol. The molecular weight excluding hydrogens is 344 g/mol. The molecule has 2 heterocycles. The number of fused-ring (bicyclic) bond motifs is 1. The van der Waals surface area contributed by atoms with Crippen LogP contribution in [0.5, 0.6) is 17.2 Å². The van der Waals surface area contributed by atoms with E-state index in [2.05, 4.69) is 15.0 Å². The van der Waals surface area contributed by atoms with Gasteiger partial charge in [-0.05, 0) is 23.7 Å². The maximum Gasteiger partial charge on any atom is 0.226 e. The van der Waals surface area contributed by atoms with Gasteiger partial charge < -0.3 is 19.1 Å². The lowest BCUT2D eigenvalue weighted by molar-refractivity contribution is 0.324. The average Bonchev–Trinajstić information content (AvgIpc) is 2.65. The van der Waals surface area contributed by atoms with Crippen LogP contribution in [0, 0.1) is 0 Å². The van der Waals surface area contributed by atoms with Crippen molar-refractivity contribution >= 4 is 34.1 Å². The van der Waals surface area contributed by atoms with Crippen molar-refractivity contribution < 1.29 is 14.2 Å². The van der Waals surface area contributed by atoms with E-state index in [-0.39, 0.29) is 5.28 Å². The molecule has 0 aliphatic heterocycles. The molecule has 0 N–H and O–H groups in total. The van der Waals surface area contributed by atoms with Crippen molar-refractivity contribution in [3.8, 4) is 17.2 Å². The summed E-state index contributed by atoms with van der Waals surface area (Å²) in [7, 11) is 6.57. The Morgan fingerprint density at radius 3 is 2.28 bits per heavy atom. The number of aromatic nitrogens is 3. The van der Waals surface area contributed by atoms with E-state index in [1.807, 2.05) is 36.2 Å². The van der Waals surface area contributed by atoms with Gasteiger partial charge in [-0.15, -0.1) is 0 Å². The van der Waals surface area contributed by atoms with Crippen LogP contribution in [0.3, 0.4) is 0 Å². The van der Waals surface area contributed by atoms with Crippen LogP contribution in [0.25, 0.3) is 11.0 Å². The smallest absolute Gasteiger partial charge is 0.226 e. The second kappa shape index (κ2) is 6.98. The van der Waals surface area contributed by atoms with Crippen LogP contribution in [-0.4, -0.2) is 43.3 Å². The van der Waals surface area contributed by atoms with Crippen LogP contribution < -0.4 is 19.1 Å². The maximum absolute atomic E-state index is 6.06. The zero-order valence-electron chi connectivity index (χ0n) is 14.3. The summed E-state index contributed by atoms with van der Waals surface area (Å²) in [4.78, 5) is 14.6. The van der Waals surface area contributed by atoms with Crippen LogP contribution in [0.4, 0.5) is 11.5 Å². The number of ether oxygens (including phenoxy) is 3. The summed E-state index contributed by atoms with van der Waals surface area (Å²) in [6.45, 7) is 0. The molecule has 0 saturated carbocycles. The minimum absolute atomic E-state index is 0.125. The van der Waals surface area contributed by atoms with E-state index >= 15 is 0 Å². The van der Waals surface area contributed by atoms with Gasteiger partial charge >= 0.3 is 0 Å². The third-order valence-corrected chi connectivity index (χ3v) is 3.95. The van der Waals surface area contributed by atoms with E-state index in [9.17, 15) is 0 Å². The number of pyridine rings is 1. The summed E-state index contributed by atoms with van der Waals surface area (Å²) in [6.07, 6.45) is 1.66. The minimum Gasteiger partial charge on any atom is -0.493 e. The van der Waals surface area contributed by atoms with Gasteiger partial charge in [-0.2, -0.15) is 9.97 Å². The highest BCUT2D eigenvalue weighted by molar-refractivity contribution is 6.28. The van der Waals surface area contributed by atoms with Gasteiger partial charge in [-0.25, -0.2) is 4.98 Å². The topological polar surface area (TPSA) is 69.6 Å². The third kappa shape index (κ3) is 3.10. The molecule has 2 aromatic heterocycles. The van der Waals surface area contributed by atoms with Crippen LogP contribution in [0.2, 0.25) is 5.28 Å². The molecule has 0 amide bonds. The summed E-state index contributed by atoms with van der Waals surface area (Å²) in [5, 5.41) is 0.906. The van der Waals surface area contributed by atoms with Crippen molar-refractivity contribution in [2.75, 3.05) is 33.3 Å². The van der Waals surface area contributed by atoms with Gasteiger partial charge in [0.1, 0.15) is 5.82 Å². The van der Waals surface area contributed by atoms with Crippen LogP contribution in [-0.2, 0) is 0 Å².